The molecule has 0 unspecified atom stereocenters. The molecule has 0 atom stereocenters. The first-order chi connectivity index (χ1) is 10.1. The van der Waals surface area contributed by atoms with E-state index in [1.165, 1.54) is 44.9 Å². The zero-order valence-corrected chi connectivity index (χ0v) is 16.3. The molecule has 0 saturated carbocycles. The van der Waals surface area contributed by atoms with Gasteiger partial charge in [-0.25, -0.2) is 4.79 Å². The fourth-order valence-corrected chi connectivity index (χ4v) is 2.10. The van der Waals surface area contributed by atoms with Crippen molar-refractivity contribution in [2.75, 3.05) is 6.61 Å². The third kappa shape index (κ3) is 16.1. The van der Waals surface area contributed by atoms with E-state index in [1.54, 1.807) is 0 Å². The Bertz CT molecular complexity index is 316. The maximum Gasteiger partial charge on any atom is 1.00 e. The van der Waals surface area contributed by atoms with Crippen molar-refractivity contribution < 1.29 is 49.0 Å². The second-order valence-electron chi connectivity index (χ2n) is 5.47. The van der Waals surface area contributed by atoms with Crippen molar-refractivity contribution in [3.8, 4) is 0 Å². The van der Waals surface area contributed by atoms with Crippen LogP contribution in [-0.2, 0) is 14.3 Å². The number of esters is 1. The van der Waals surface area contributed by atoms with Crippen LogP contribution in [0, 0.1) is 0 Å². The van der Waals surface area contributed by atoms with Crippen molar-refractivity contribution >= 4 is 11.9 Å². The maximum atomic E-state index is 11.3. The van der Waals surface area contributed by atoms with Gasteiger partial charge in [0.05, 0.1) is 6.61 Å². The van der Waals surface area contributed by atoms with Gasteiger partial charge < -0.3 is 14.6 Å². The average molecular weight is 320 g/mol. The second kappa shape index (κ2) is 17.0. The number of rotatable bonds is 14. The molecule has 4 nitrogen and oxygen atoms in total. The smallest absolute Gasteiger partial charge is 0.550 e. The monoisotopic (exact) mass is 320 g/mol. The van der Waals surface area contributed by atoms with Gasteiger partial charge in [0.1, 0.15) is 0 Å². The van der Waals surface area contributed by atoms with E-state index in [0.717, 1.165) is 19.3 Å². The van der Waals surface area contributed by atoms with Crippen molar-refractivity contribution in [1.82, 2.24) is 0 Å². The molecule has 122 valence electrons. The zero-order valence-electron chi connectivity index (χ0n) is 14.3. The minimum atomic E-state index is -1.31. The Morgan fingerprint density at radius 3 is 1.82 bits per heavy atom. The summed E-state index contributed by atoms with van der Waals surface area (Å²) >= 11 is 0. The first kappa shape index (κ1) is 23.9. The van der Waals surface area contributed by atoms with Gasteiger partial charge in [0, 0.05) is 18.0 Å². The van der Waals surface area contributed by atoms with E-state index in [-0.39, 0.29) is 35.1 Å². The summed E-state index contributed by atoms with van der Waals surface area (Å²) < 4.78 is 4.95. The third-order valence-electron chi connectivity index (χ3n) is 3.38. The molecule has 0 heterocycles. The van der Waals surface area contributed by atoms with E-state index in [0.29, 0.717) is 6.61 Å². The molecular weight excluding hydrogens is 291 g/mol. The van der Waals surface area contributed by atoms with Gasteiger partial charge in [0.25, 0.3) is 0 Å². The van der Waals surface area contributed by atoms with Crippen LogP contribution in [0.25, 0.3) is 0 Å². The summed E-state index contributed by atoms with van der Waals surface area (Å²) in [6, 6.07) is 0. The molecule has 0 aliphatic rings. The summed E-state index contributed by atoms with van der Waals surface area (Å²) in [6.07, 6.45) is 11.7. The Labute approximate surface area is 157 Å². The van der Waals surface area contributed by atoms with E-state index >= 15 is 0 Å². The van der Waals surface area contributed by atoms with E-state index in [4.69, 9.17) is 4.74 Å². The Balaban J connectivity index is 0. The summed E-state index contributed by atoms with van der Waals surface area (Å²) in [5, 5.41) is 10.3. The average Bonchev–Trinajstić information content (AvgIpc) is 2.43. The van der Waals surface area contributed by atoms with E-state index in [1.807, 2.05) is 0 Å². The number of carboxylic acids is 1. The molecular formula is C17H29NaO4. The molecule has 0 amide bonds. The molecule has 0 N–H and O–H groups in total. The standard InChI is InChI=1S/C17H30O4.Na/c1-3-4-5-6-7-8-9-10-11-12-13-21-17(20)15(2)14-16(18)19;/h2-14H2,1H3,(H,18,19);/q;+1/p-1. The van der Waals surface area contributed by atoms with Crippen LogP contribution in [0.5, 0.6) is 0 Å². The van der Waals surface area contributed by atoms with Gasteiger partial charge in [0.2, 0.25) is 0 Å². The Morgan fingerprint density at radius 1 is 0.909 bits per heavy atom. The number of unbranched alkanes of at least 4 members (excludes halogenated alkanes) is 9. The van der Waals surface area contributed by atoms with E-state index < -0.39 is 18.4 Å². The fourth-order valence-electron chi connectivity index (χ4n) is 2.10. The molecule has 0 aliphatic carbocycles. The molecule has 0 aliphatic heterocycles. The van der Waals surface area contributed by atoms with Crippen LogP contribution in [0.15, 0.2) is 12.2 Å². The molecule has 5 heteroatoms. The third-order valence-corrected chi connectivity index (χ3v) is 3.38. The predicted molar refractivity (Wildman–Crippen MR) is 81.6 cm³/mol. The summed E-state index contributed by atoms with van der Waals surface area (Å²) in [5.74, 6) is -1.94. The number of carbonyl (C=O) groups is 2. The second-order valence-corrected chi connectivity index (χ2v) is 5.47. The van der Waals surface area contributed by atoms with Crippen molar-refractivity contribution in [1.29, 1.82) is 0 Å². The quantitative estimate of drug-likeness (QED) is 0.198. The summed E-state index contributed by atoms with van der Waals surface area (Å²) in [4.78, 5) is 21.6. The number of carbonyl (C=O) groups excluding carboxylic acids is 2. The minimum absolute atomic E-state index is 0. The Morgan fingerprint density at radius 2 is 1.36 bits per heavy atom. The number of carboxylic acid groups (broad SMARTS) is 1. The molecule has 22 heavy (non-hydrogen) atoms. The summed E-state index contributed by atoms with van der Waals surface area (Å²) in [5.41, 5.74) is -0.0536. The minimum Gasteiger partial charge on any atom is -0.550 e. The molecule has 0 radical (unpaired) electrons. The van der Waals surface area contributed by atoms with Crippen molar-refractivity contribution in [3.63, 3.8) is 0 Å². The number of hydrogen-bond donors (Lipinski definition) is 0. The molecule has 0 aromatic heterocycles. The van der Waals surface area contributed by atoms with Gasteiger partial charge in [-0.05, 0) is 6.42 Å². The van der Waals surface area contributed by atoms with Gasteiger partial charge in [0.15, 0.2) is 0 Å². The van der Waals surface area contributed by atoms with E-state index in [2.05, 4.69) is 13.5 Å². The van der Waals surface area contributed by atoms with Crippen LogP contribution >= 0.6 is 0 Å². The number of ether oxygens (including phenoxy) is 1. The SMILES string of the molecule is C=C(CC(=O)[O-])C(=O)OCCCCCCCCCCCC.[Na+]. The molecule has 0 saturated heterocycles. The largest absolute Gasteiger partial charge is 1.00 e. The van der Waals surface area contributed by atoms with Crippen LogP contribution in [0.4, 0.5) is 0 Å². The van der Waals surface area contributed by atoms with Crippen LogP contribution in [0.2, 0.25) is 0 Å². The fraction of sp³-hybridized carbons (Fsp3) is 0.765. The van der Waals surface area contributed by atoms with Crippen LogP contribution in [0.1, 0.15) is 77.6 Å². The molecule has 0 aromatic rings. The maximum absolute atomic E-state index is 11.3. The summed E-state index contributed by atoms with van der Waals surface area (Å²) in [6.45, 7) is 5.93. The van der Waals surface area contributed by atoms with Crippen LogP contribution in [-0.4, -0.2) is 18.5 Å². The Kier molecular flexibility index (Phi) is 18.5. The van der Waals surface area contributed by atoms with Crippen molar-refractivity contribution in [3.05, 3.63) is 12.2 Å². The van der Waals surface area contributed by atoms with Gasteiger partial charge in [-0.1, -0.05) is 71.3 Å². The molecule has 0 aromatic carbocycles. The van der Waals surface area contributed by atoms with Gasteiger partial charge in [-0.3, -0.25) is 0 Å². The molecule has 0 rings (SSSR count). The summed E-state index contributed by atoms with van der Waals surface area (Å²) in [7, 11) is 0. The van der Waals surface area contributed by atoms with Gasteiger partial charge in [-0.15, -0.1) is 0 Å². The molecule has 0 bridgehead atoms. The van der Waals surface area contributed by atoms with Crippen molar-refractivity contribution in [2.24, 2.45) is 0 Å². The Hall–Kier alpha value is -0.320. The van der Waals surface area contributed by atoms with Crippen LogP contribution in [0.3, 0.4) is 0 Å². The normalized spacial score (nSPS) is 9.86. The first-order valence-electron chi connectivity index (χ1n) is 8.12. The van der Waals surface area contributed by atoms with Crippen LogP contribution < -0.4 is 34.7 Å². The number of hydrogen-bond acceptors (Lipinski definition) is 4. The predicted octanol–water partition coefficient (Wildman–Crippen LogP) is 0.151. The van der Waals surface area contributed by atoms with Gasteiger partial charge >= 0.3 is 35.5 Å². The topological polar surface area (TPSA) is 66.4 Å². The molecule has 0 spiro atoms. The van der Waals surface area contributed by atoms with Gasteiger partial charge in [-0.2, -0.15) is 0 Å². The van der Waals surface area contributed by atoms with E-state index in [9.17, 15) is 14.7 Å². The number of aliphatic carboxylic acids is 1. The zero-order chi connectivity index (χ0) is 15.9. The first-order valence-corrected chi connectivity index (χ1v) is 8.12. The molecule has 0 fully saturated rings. The van der Waals surface area contributed by atoms with Crippen molar-refractivity contribution in [2.45, 2.75) is 77.6 Å².